The predicted molar refractivity (Wildman–Crippen MR) is 342 cm³/mol. The molecular formula is C74H88O2S2. The molecule has 0 atom stereocenters. The molecule has 1 saturated carbocycles. The number of Topliss-reactive ketones (excluding diaryl/α,β-unsaturated/α-hetero) is 2. The first-order chi connectivity index (χ1) is 36.7. The average Bonchev–Trinajstić information content (AvgIpc) is 3.39. The summed E-state index contributed by atoms with van der Waals surface area (Å²) in [5.74, 6) is 2.97. The fourth-order valence-electron chi connectivity index (χ4n) is 10.9. The van der Waals surface area contributed by atoms with E-state index in [1.54, 1.807) is 10.8 Å². The summed E-state index contributed by atoms with van der Waals surface area (Å²) in [7, 11) is 3.06. The smallest absolute Gasteiger partial charge is 0.154 e. The van der Waals surface area contributed by atoms with Crippen molar-refractivity contribution in [2.75, 3.05) is 0 Å². The van der Waals surface area contributed by atoms with Crippen molar-refractivity contribution >= 4 is 33.2 Å². The molecule has 8 rings (SSSR count). The second-order valence-electron chi connectivity index (χ2n) is 26.1. The van der Waals surface area contributed by atoms with Crippen LogP contribution >= 0.6 is 21.6 Å². The highest BCUT2D eigenvalue weighted by atomic mass is 33.1. The number of rotatable bonds is 17. The third kappa shape index (κ3) is 13.4. The summed E-state index contributed by atoms with van der Waals surface area (Å²) in [6, 6.07) is 49.9. The highest BCUT2D eigenvalue weighted by Crippen LogP contribution is 2.51. The maximum atomic E-state index is 14.1. The van der Waals surface area contributed by atoms with E-state index in [1.807, 2.05) is 13.8 Å². The van der Waals surface area contributed by atoms with Gasteiger partial charge in [0.05, 0.1) is 0 Å². The zero-order valence-corrected chi connectivity index (χ0v) is 52.0. The van der Waals surface area contributed by atoms with Crippen molar-refractivity contribution in [1.82, 2.24) is 0 Å². The van der Waals surface area contributed by atoms with Crippen LogP contribution in [-0.4, -0.2) is 16.8 Å². The van der Waals surface area contributed by atoms with Gasteiger partial charge < -0.3 is 0 Å². The van der Waals surface area contributed by atoms with Crippen LogP contribution in [0.5, 0.6) is 0 Å². The van der Waals surface area contributed by atoms with Gasteiger partial charge in [-0.05, 0) is 200 Å². The Balaban J connectivity index is 1.46. The molecule has 2 nitrogen and oxygen atoms in total. The van der Waals surface area contributed by atoms with Crippen molar-refractivity contribution in [3.05, 3.63) is 172 Å². The molecule has 7 aromatic rings. The minimum Gasteiger partial charge on any atom is -0.298 e. The Labute approximate surface area is 478 Å². The normalized spacial score (nSPS) is 14.3. The van der Waals surface area contributed by atoms with E-state index in [1.165, 1.54) is 99.8 Å². The van der Waals surface area contributed by atoms with Gasteiger partial charge in [-0.1, -0.05) is 237 Å². The van der Waals surface area contributed by atoms with Crippen molar-refractivity contribution in [3.8, 4) is 66.8 Å². The fourth-order valence-corrected chi connectivity index (χ4v) is 13.8. The van der Waals surface area contributed by atoms with Gasteiger partial charge in [0.2, 0.25) is 0 Å². The lowest BCUT2D eigenvalue weighted by atomic mass is 9.76. The molecule has 0 heterocycles. The minimum absolute atomic E-state index is 0.0234. The summed E-state index contributed by atoms with van der Waals surface area (Å²) < 4.78 is 0. The number of carbonyl (C=O) groups is 2. The molecule has 1 aliphatic carbocycles. The van der Waals surface area contributed by atoms with E-state index < -0.39 is 5.25 Å². The Morgan fingerprint density at radius 1 is 0.333 bits per heavy atom. The van der Waals surface area contributed by atoms with Crippen LogP contribution in [-0.2, 0) is 9.59 Å². The molecule has 0 amide bonds. The van der Waals surface area contributed by atoms with Crippen LogP contribution in [0.2, 0.25) is 0 Å². The van der Waals surface area contributed by atoms with Crippen molar-refractivity contribution in [1.29, 1.82) is 0 Å². The first kappa shape index (κ1) is 58.7. The third-order valence-corrected chi connectivity index (χ3v) is 19.0. The molecule has 0 aliphatic heterocycles. The standard InChI is InChI=1S/C74H88O2S2/c1-42(2)50-22-51(43(3)4)27-58(26-50)62-34-63(59-28-52(44(5)6)23-53(29-59)45(7)8)37-66(36-62)68-20-19-21-69(72(68)77-78-73-70(75)40-74(17,18)41-71(73)76)67-38-64(60-30-54(46(9)10)24-55(31-60)47(11)12)35-65(39-67)61-32-56(48(13)14)25-57(33-61)49(15)16/h19-39,42-49,73H,40-41H2,1-18H3. The van der Waals surface area contributed by atoms with Crippen LogP contribution in [0.4, 0.5) is 0 Å². The number of hydrogen-bond donors (Lipinski definition) is 0. The van der Waals surface area contributed by atoms with Crippen LogP contribution in [0.25, 0.3) is 66.8 Å². The third-order valence-electron chi connectivity index (χ3n) is 16.2. The highest BCUT2D eigenvalue weighted by Gasteiger charge is 2.40. The fraction of sp³-hybridized carbons (Fsp3) is 0.405. The van der Waals surface area contributed by atoms with Crippen LogP contribution in [0, 0.1) is 5.41 Å². The predicted octanol–water partition coefficient (Wildman–Crippen LogP) is 22.7. The molecule has 0 spiro atoms. The van der Waals surface area contributed by atoms with E-state index in [-0.39, 0.29) is 17.0 Å². The molecule has 408 valence electrons. The maximum absolute atomic E-state index is 14.1. The van der Waals surface area contributed by atoms with E-state index in [0.29, 0.717) is 60.2 Å². The Kier molecular flexibility index (Phi) is 18.2. The SMILES string of the molecule is CC(C)c1cc(-c2cc(-c3cc(C(C)C)cc(C(C)C)c3)cc(-c3cccc(-c4cc(-c5cc(C(C)C)cc(C(C)C)c5)cc(-c5cc(C(C)C)cc(C(C)C)c5)c4)c3SSC3C(=O)CC(C)(C)CC3=O)c2)cc(C(C)C)c1. The lowest BCUT2D eigenvalue weighted by Gasteiger charge is -2.31. The van der Waals surface area contributed by atoms with E-state index >= 15 is 0 Å². The molecule has 1 fully saturated rings. The largest absolute Gasteiger partial charge is 0.298 e. The molecule has 0 N–H and O–H groups in total. The summed E-state index contributed by atoms with van der Waals surface area (Å²) in [4.78, 5) is 29.3. The lowest BCUT2D eigenvalue weighted by molar-refractivity contribution is -0.132. The second kappa shape index (κ2) is 24.1. The summed E-state index contributed by atoms with van der Waals surface area (Å²) in [6.45, 7) is 40.8. The quantitative estimate of drug-likeness (QED) is 0.0672. The number of hydrogen-bond acceptors (Lipinski definition) is 4. The van der Waals surface area contributed by atoms with Gasteiger partial charge >= 0.3 is 0 Å². The molecule has 4 heteroatoms. The Hall–Kier alpha value is -5.42. The average molecular weight is 1070 g/mol. The molecule has 0 radical (unpaired) electrons. The second-order valence-corrected chi connectivity index (χ2v) is 28.4. The minimum atomic E-state index is -0.740. The number of benzene rings is 7. The number of carbonyl (C=O) groups excluding carboxylic acids is 2. The first-order valence-corrected chi connectivity index (χ1v) is 31.4. The Morgan fingerprint density at radius 3 is 0.782 bits per heavy atom. The van der Waals surface area contributed by atoms with Crippen LogP contribution in [0.15, 0.2) is 132 Å². The van der Waals surface area contributed by atoms with E-state index in [9.17, 15) is 9.59 Å². The van der Waals surface area contributed by atoms with Crippen molar-refractivity contribution in [2.45, 2.75) is 195 Å². The van der Waals surface area contributed by atoms with Gasteiger partial charge in [0, 0.05) is 17.7 Å². The van der Waals surface area contributed by atoms with Gasteiger partial charge in [0.25, 0.3) is 0 Å². The molecule has 0 bridgehead atoms. The van der Waals surface area contributed by atoms with E-state index in [4.69, 9.17) is 0 Å². The van der Waals surface area contributed by atoms with Gasteiger partial charge in [0.15, 0.2) is 11.6 Å². The van der Waals surface area contributed by atoms with Gasteiger partial charge in [-0.25, -0.2) is 0 Å². The van der Waals surface area contributed by atoms with E-state index in [2.05, 4.69) is 238 Å². The van der Waals surface area contributed by atoms with Crippen LogP contribution < -0.4 is 0 Å². The highest BCUT2D eigenvalue weighted by molar-refractivity contribution is 8.77. The lowest BCUT2D eigenvalue weighted by Crippen LogP contribution is -2.39. The first-order valence-electron chi connectivity index (χ1n) is 29.2. The van der Waals surface area contributed by atoms with Gasteiger partial charge in [-0.3, -0.25) is 9.59 Å². The van der Waals surface area contributed by atoms with Crippen LogP contribution in [0.3, 0.4) is 0 Å². The molecular weight excluding hydrogens is 985 g/mol. The molecule has 0 saturated heterocycles. The monoisotopic (exact) mass is 1070 g/mol. The Morgan fingerprint density at radius 2 is 0.551 bits per heavy atom. The summed E-state index contributed by atoms with van der Waals surface area (Å²) in [5.41, 5.74) is 24.2. The number of ketones is 2. The summed E-state index contributed by atoms with van der Waals surface area (Å²) in [6.07, 6.45) is 0.789. The molecule has 78 heavy (non-hydrogen) atoms. The van der Waals surface area contributed by atoms with Gasteiger partial charge in [-0.2, -0.15) is 0 Å². The van der Waals surface area contributed by atoms with E-state index in [0.717, 1.165) is 27.1 Å². The molecule has 0 unspecified atom stereocenters. The zero-order valence-electron chi connectivity index (χ0n) is 50.4. The molecule has 7 aromatic carbocycles. The molecule has 0 aromatic heterocycles. The van der Waals surface area contributed by atoms with Crippen LogP contribution in [0.1, 0.15) is 229 Å². The van der Waals surface area contributed by atoms with Crippen molar-refractivity contribution in [2.24, 2.45) is 5.41 Å². The molecule has 1 aliphatic rings. The zero-order chi connectivity index (χ0) is 56.7. The summed E-state index contributed by atoms with van der Waals surface area (Å²) in [5, 5.41) is -0.740. The van der Waals surface area contributed by atoms with Gasteiger partial charge in [0.1, 0.15) is 5.25 Å². The van der Waals surface area contributed by atoms with Crippen molar-refractivity contribution < 1.29 is 9.59 Å². The van der Waals surface area contributed by atoms with Crippen molar-refractivity contribution in [3.63, 3.8) is 0 Å². The summed E-state index contributed by atoms with van der Waals surface area (Å²) >= 11 is 0. The van der Waals surface area contributed by atoms with Gasteiger partial charge in [-0.15, -0.1) is 0 Å². The topological polar surface area (TPSA) is 34.1 Å². The maximum Gasteiger partial charge on any atom is 0.154 e. The Bertz CT molecular complexity index is 2860.